The topological polar surface area (TPSA) is 49.8 Å². The molecule has 0 spiro atoms. The number of rotatable bonds is 0. The third-order valence-corrected chi connectivity index (χ3v) is 2.20. The van der Waals surface area contributed by atoms with E-state index in [9.17, 15) is 0 Å². The Morgan fingerprint density at radius 2 is 2.40 bits per heavy atom. The molecule has 1 aliphatic rings. The normalized spacial score (nSPS) is 14.5. The van der Waals surface area contributed by atoms with Gasteiger partial charge in [0.25, 0.3) is 0 Å². The van der Waals surface area contributed by atoms with Crippen LogP contribution in [-0.4, -0.2) is 9.97 Å². The van der Waals surface area contributed by atoms with Crippen molar-refractivity contribution in [1.82, 2.24) is 14.8 Å². The molecule has 0 unspecified atom stereocenters. The maximum absolute atomic E-state index is 4.04. The van der Waals surface area contributed by atoms with E-state index in [0.717, 1.165) is 16.4 Å². The van der Waals surface area contributed by atoms with Crippen LogP contribution in [0.4, 0.5) is 5.82 Å². The first kappa shape index (κ1) is 5.94. The van der Waals surface area contributed by atoms with Crippen molar-refractivity contribution in [3.63, 3.8) is 0 Å². The average molecular weight is 154 g/mol. The van der Waals surface area contributed by atoms with Gasteiger partial charge in [0.1, 0.15) is 6.33 Å². The van der Waals surface area contributed by atoms with Crippen LogP contribution in [0.1, 0.15) is 5.69 Å². The van der Waals surface area contributed by atoms with E-state index >= 15 is 0 Å². The molecule has 1 aromatic rings. The second kappa shape index (κ2) is 2.10. The molecule has 0 aromatic carbocycles. The third-order valence-electron chi connectivity index (χ3n) is 1.30. The third kappa shape index (κ3) is 0.748. The number of aromatic nitrogens is 2. The van der Waals surface area contributed by atoms with Crippen LogP contribution in [0.25, 0.3) is 0 Å². The van der Waals surface area contributed by atoms with Crippen molar-refractivity contribution in [3.05, 3.63) is 12.0 Å². The average Bonchev–Trinajstić information content (AvgIpc) is 2.36. The minimum atomic E-state index is 0.873. The van der Waals surface area contributed by atoms with Crippen LogP contribution in [-0.2, 0) is 0 Å². The zero-order chi connectivity index (χ0) is 6.97. The van der Waals surface area contributed by atoms with E-state index < -0.39 is 0 Å². The van der Waals surface area contributed by atoms with Crippen molar-refractivity contribution in [3.8, 4) is 0 Å². The van der Waals surface area contributed by atoms with Gasteiger partial charge in [-0.3, -0.25) is 5.43 Å². The lowest BCUT2D eigenvalue weighted by molar-refractivity contribution is 1.03. The Bertz CT molecular complexity index is 262. The summed E-state index contributed by atoms with van der Waals surface area (Å²) in [5.41, 5.74) is 3.91. The molecular weight excluding hydrogens is 148 g/mol. The maximum Gasteiger partial charge on any atom is 0.159 e. The van der Waals surface area contributed by atoms with Gasteiger partial charge in [-0.25, -0.2) is 9.97 Å². The quantitative estimate of drug-likeness (QED) is 0.539. The van der Waals surface area contributed by atoms with Crippen LogP contribution in [0.2, 0.25) is 0 Å². The fourth-order valence-corrected chi connectivity index (χ4v) is 1.45. The Morgan fingerprint density at radius 1 is 1.50 bits per heavy atom. The van der Waals surface area contributed by atoms with Gasteiger partial charge in [-0.1, -0.05) is 0 Å². The summed E-state index contributed by atoms with van der Waals surface area (Å²) in [4.78, 5) is 12.0. The molecule has 0 bridgehead atoms. The Morgan fingerprint density at radius 3 is 3.20 bits per heavy atom. The van der Waals surface area contributed by atoms with E-state index in [1.165, 1.54) is 11.9 Å². The fourth-order valence-electron chi connectivity index (χ4n) is 0.798. The van der Waals surface area contributed by atoms with Crippen LogP contribution in [0.15, 0.2) is 11.2 Å². The van der Waals surface area contributed by atoms with E-state index in [2.05, 4.69) is 20.2 Å². The predicted molar refractivity (Wildman–Crippen MR) is 39.4 cm³/mol. The van der Waals surface area contributed by atoms with Crippen LogP contribution in [0, 0.1) is 6.92 Å². The molecule has 4 nitrogen and oxygen atoms in total. The molecule has 0 fully saturated rings. The van der Waals surface area contributed by atoms with Crippen molar-refractivity contribution in [1.29, 1.82) is 0 Å². The highest BCUT2D eigenvalue weighted by atomic mass is 32.2. The van der Waals surface area contributed by atoms with Gasteiger partial charge in [0.2, 0.25) is 0 Å². The van der Waals surface area contributed by atoms with E-state index in [1.54, 1.807) is 6.33 Å². The molecular formula is C5H6N4S. The summed E-state index contributed by atoms with van der Waals surface area (Å²) in [5, 5.41) is 0. The SMILES string of the molecule is Cc1ncnc2c1SNN2. The zero-order valence-corrected chi connectivity index (χ0v) is 6.20. The molecule has 2 heterocycles. The molecule has 0 aliphatic carbocycles. The van der Waals surface area contributed by atoms with Gasteiger partial charge in [0.15, 0.2) is 5.82 Å². The molecule has 10 heavy (non-hydrogen) atoms. The van der Waals surface area contributed by atoms with Crippen LogP contribution in [0.5, 0.6) is 0 Å². The van der Waals surface area contributed by atoms with Gasteiger partial charge in [-0.05, 0) is 18.9 Å². The summed E-state index contributed by atoms with van der Waals surface area (Å²) in [6, 6.07) is 0. The second-order valence-corrected chi connectivity index (χ2v) is 2.78. The Kier molecular flexibility index (Phi) is 1.25. The summed E-state index contributed by atoms with van der Waals surface area (Å²) in [5.74, 6) is 0.873. The summed E-state index contributed by atoms with van der Waals surface area (Å²) < 4.78 is 0. The summed E-state index contributed by atoms with van der Waals surface area (Å²) in [7, 11) is 0. The molecule has 0 saturated heterocycles. The van der Waals surface area contributed by atoms with Crippen molar-refractivity contribution in [2.45, 2.75) is 11.8 Å². The van der Waals surface area contributed by atoms with E-state index in [1.807, 2.05) is 6.92 Å². The van der Waals surface area contributed by atoms with Crippen molar-refractivity contribution >= 4 is 17.8 Å². The van der Waals surface area contributed by atoms with Crippen molar-refractivity contribution < 1.29 is 0 Å². The van der Waals surface area contributed by atoms with Crippen LogP contribution < -0.4 is 10.3 Å². The van der Waals surface area contributed by atoms with Crippen molar-refractivity contribution in [2.75, 3.05) is 5.43 Å². The largest absolute Gasteiger partial charge is 0.295 e. The van der Waals surface area contributed by atoms with Crippen LogP contribution >= 0.6 is 11.9 Å². The molecule has 0 saturated carbocycles. The van der Waals surface area contributed by atoms with Gasteiger partial charge in [0.05, 0.1) is 10.6 Å². The number of hydrogen-bond acceptors (Lipinski definition) is 5. The first-order chi connectivity index (χ1) is 4.88. The van der Waals surface area contributed by atoms with Crippen molar-refractivity contribution in [2.24, 2.45) is 0 Å². The Balaban J connectivity index is 2.59. The molecule has 1 aliphatic heterocycles. The van der Waals surface area contributed by atoms with Gasteiger partial charge in [0, 0.05) is 0 Å². The number of hydrogen-bond donors (Lipinski definition) is 2. The number of anilines is 1. The lowest BCUT2D eigenvalue weighted by Crippen LogP contribution is -2.05. The fraction of sp³-hybridized carbons (Fsp3) is 0.200. The number of aryl methyl sites for hydroxylation is 1. The lowest BCUT2D eigenvalue weighted by Gasteiger charge is -1.95. The minimum absolute atomic E-state index is 0.873. The standard InChI is InChI=1S/C5H6N4S/c1-3-4-5(7-2-6-3)8-9-10-4/h2,9H,1H3,(H,6,7,8). The highest BCUT2D eigenvalue weighted by molar-refractivity contribution is 7.98. The first-order valence-electron chi connectivity index (χ1n) is 2.87. The number of nitrogens with one attached hydrogen (secondary N) is 2. The number of hydrazine groups is 1. The Hall–Kier alpha value is -0.810. The smallest absolute Gasteiger partial charge is 0.159 e. The van der Waals surface area contributed by atoms with Gasteiger partial charge in [-0.2, -0.15) is 4.83 Å². The molecule has 2 N–H and O–H groups in total. The summed E-state index contributed by atoms with van der Waals surface area (Å²) in [6.45, 7) is 1.96. The molecule has 52 valence electrons. The first-order valence-corrected chi connectivity index (χ1v) is 3.69. The molecule has 2 rings (SSSR count). The van der Waals surface area contributed by atoms with E-state index in [0.29, 0.717) is 0 Å². The van der Waals surface area contributed by atoms with Gasteiger partial charge >= 0.3 is 0 Å². The molecule has 1 aromatic heterocycles. The highest BCUT2D eigenvalue weighted by Gasteiger charge is 2.13. The van der Waals surface area contributed by atoms with Crippen LogP contribution in [0.3, 0.4) is 0 Å². The molecule has 0 radical (unpaired) electrons. The molecule has 5 heteroatoms. The zero-order valence-electron chi connectivity index (χ0n) is 5.38. The Labute approximate surface area is 62.6 Å². The number of nitrogens with zero attached hydrogens (tertiary/aromatic N) is 2. The second-order valence-electron chi connectivity index (χ2n) is 1.97. The van der Waals surface area contributed by atoms with Gasteiger partial charge in [-0.15, -0.1) is 0 Å². The predicted octanol–water partition coefficient (Wildman–Crippen LogP) is 0.722. The lowest BCUT2D eigenvalue weighted by atomic mass is 10.4. The highest BCUT2D eigenvalue weighted by Crippen LogP contribution is 2.29. The molecule has 0 atom stereocenters. The van der Waals surface area contributed by atoms with Gasteiger partial charge < -0.3 is 0 Å². The minimum Gasteiger partial charge on any atom is -0.295 e. The number of fused-ring (bicyclic) bond motifs is 1. The maximum atomic E-state index is 4.04. The van der Waals surface area contributed by atoms with E-state index in [-0.39, 0.29) is 0 Å². The summed E-state index contributed by atoms with van der Waals surface area (Å²) in [6.07, 6.45) is 1.55. The summed E-state index contributed by atoms with van der Waals surface area (Å²) >= 11 is 1.51. The van der Waals surface area contributed by atoms with E-state index in [4.69, 9.17) is 0 Å². The molecule has 0 amide bonds. The monoisotopic (exact) mass is 154 g/mol.